The summed E-state index contributed by atoms with van der Waals surface area (Å²) in [6.45, 7) is 4.75. The summed E-state index contributed by atoms with van der Waals surface area (Å²) in [5.41, 5.74) is -1.10. The van der Waals surface area contributed by atoms with Crippen LogP contribution in [0.2, 0.25) is 5.02 Å². The topological polar surface area (TPSA) is 66.9 Å². The second-order valence-electron chi connectivity index (χ2n) is 5.71. The summed E-state index contributed by atoms with van der Waals surface area (Å²) in [5, 5.41) is 5.35. The molecule has 134 valence electrons. The van der Waals surface area contributed by atoms with Crippen LogP contribution in [0.5, 0.6) is 0 Å². The standard InChI is InChI=1S/C16H16ClF3N4O/c1-9(2)6-22-14-8-21-13(7-23-14)15(25)24-12-5-10(16(18,19)20)3-4-11(12)17/h3-5,7-9H,6H2,1-2H3,(H,22,23)(H,24,25). The Morgan fingerprint density at radius 1 is 1.24 bits per heavy atom. The predicted octanol–water partition coefficient (Wildman–Crippen LogP) is 4.47. The Kier molecular flexibility index (Phi) is 5.84. The van der Waals surface area contributed by atoms with Crippen LogP contribution >= 0.6 is 11.6 Å². The van der Waals surface area contributed by atoms with E-state index in [0.29, 0.717) is 18.3 Å². The van der Waals surface area contributed by atoms with Crippen molar-refractivity contribution in [2.24, 2.45) is 5.92 Å². The third-order valence-corrected chi connectivity index (χ3v) is 3.45. The Hall–Kier alpha value is -2.35. The van der Waals surface area contributed by atoms with Gasteiger partial charge in [-0.2, -0.15) is 13.2 Å². The monoisotopic (exact) mass is 372 g/mol. The van der Waals surface area contributed by atoms with Gasteiger partial charge in [-0.1, -0.05) is 25.4 Å². The number of hydrogen-bond acceptors (Lipinski definition) is 4. The number of nitrogens with zero attached hydrogens (tertiary/aromatic N) is 2. The molecule has 0 spiro atoms. The first-order chi connectivity index (χ1) is 11.7. The van der Waals surface area contributed by atoms with Crippen molar-refractivity contribution in [1.29, 1.82) is 0 Å². The SMILES string of the molecule is CC(C)CNc1cnc(C(=O)Nc2cc(C(F)(F)F)ccc2Cl)cn1. The van der Waals surface area contributed by atoms with E-state index in [4.69, 9.17) is 11.6 Å². The normalized spacial score (nSPS) is 11.5. The molecule has 0 saturated carbocycles. The van der Waals surface area contributed by atoms with Crippen molar-refractivity contribution in [3.8, 4) is 0 Å². The van der Waals surface area contributed by atoms with Gasteiger partial charge in [0.15, 0.2) is 0 Å². The quantitative estimate of drug-likeness (QED) is 0.812. The molecule has 25 heavy (non-hydrogen) atoms. The molecule has 0 bridgehead atoms. The lowest BCUT2D eigenvalue weighted by Crippen LogP contribution is -2.16. The fraction of sp³-hybridized carbons (Fsp3) is 0.312. The van der Waals surface area contributed by atoms with E-state index >= 15 is 0 Å². The van der Waals surface area contributed by atoms with E-state index in [1.807, 2.05) is 13.8 Å². The molecule has 0 aliphatic carbocycles. The molecule has 0 atom stereocenters. The number of aromatic nitrogens is 2. The minimum Gasteiger partial charge on any atom is -0.369 e. The van der Waals surface area contributed by atoms with Gasteiger partial charge in [-0.25, -0.2) is 9.97 Å². The van der Waals surface area contributed by atoms with E-state index in [0.717, 1.165) is 18.2 Å². The number of halogens is 4. The van der Waals surface area contributed by atoms with Crippen LogP contribution in [0.15, 0.2) is 30.6 Å². The lowest BCUT2D eigenvalue weighted by molar-refractivity contribution is -0.137. The predicted molar refractivity (Wildman–Crippen MR) is 89.8 cm³/mol. The van der Waals surface area contributed by atoms with E-state index in [2.05, 4.69) is 20.6 Å². The van der Waals surface area contributed by atoms with Crippen molar-refractivity contribution in [1.82, 2.24) is 9.97 Å². The number of carbonyl (C=O) groups is 1. The van der Waals surface area contributed by atoms with Crippen LogP contribution in [-0.2, 0) is 6.18 Å². The summed E-state index contributed by atoms with van der Waals surface area (Å²) in [5.74, 6) is 0.208. The van der Waals surface area contributed by atoms with Gasteiger partial charge in [0, 0.05) is 6.54 Å². The van der Waals surface area contributed by atoms with Gasteiger partial charge in [0.25, 0.3) is 5.91 Å². The highest BCUT2D eigenvalue weighted by molar-refractivity contribution is 6.33. The van der Waals surface area contributed by atoms with Crippen LogP contribution in [0.1, 0.15) is 29.9 Å². The van der Waals surface area contributed by atoms with E-state index in [1.54, 1.807) is 0 Å². The van der Waals surface area contributed by atoms with Gasteiger partial charge in [0.1, 0.15) is 11.5 Å². The number of benzene rings is 1. The zero-order chi connectivity index (χ0) is 18.6. The molecule has 1 aromatic heterocycles. The molecule has 2 aromatic rings. The van der Waals surface area contributed by atoms with Crippen LogP contribution < -0.4 is 10.6 Å². The smallest absolute Gasteiger partial charge is 0.369 e. The Morgan fingerprint density at radius 2 is 1.96 bits per heavy atom. The van der Waals surface area contributed by atoms with Crippen LogP contribution in [0, 0.1) is 5.92 Å². The lowest BCUT2D eigenvalue weighted by atomic mass is 10.2. The Labute approximate surface area is 147 Å². The van der Waals surface area contributed by atoms with Crippen molar-refractivity contribution in [2.75, 3.05) is 17.2 Å². The fourth-order valence-corrected chi connectivity index (χ4v) is 1.99. The van der Waals surface area contributed by atoms with E-state index in [9.17, 15) is 18.0 Å². The minimum absolute atomic E-state index is 0.00969. The highest BCUT2D eigenvalue weighted by Crippen LogP contribution is 2.33. The number of rotatable bonds is 5. The number of amides is 1. The second-order valence-corrected chi connectivity index (χ2v) is 6.12. The molecule has 1 aromatic carbocycles. The first-order valence-electron chi connectivity index (χ1n) is 7.41. The molecular weight excluding hydrogens is 357 g/mol. The van der Waals surface area contributed by atoms with Crippen LogP contribution in [0.4, 0.5) is 24.7 Å². The largest absolute Gasteiger partial charge is 0.416 e. The summed E-state index contributed by atoms with van der Waals surface area (Å²) >= 11 is 5.85. The molecular formula is C16H16ClF3N4O. The molecule has 0 aliphatic heterocycles. The van der Waals surface area contributed by atoms with Gasteiger partial charge in [-0.05, 0) is 24.1 Å². The molecule has 0 unspecified atom stereocenters. The molecule has 9 heteroatoms. The molecule has 5 nitrogen and oxygen atoms in total. The van der Waals surface area contributed by atoms with Crippen LogP contribution in [-0.4, -0.2) is 22.4 Å². The zero-order valence-corrected chi connectivity index (χ0v) is 14.2. The number of hydrogen-bond donors (Lipinski definition) is 2. The highest BCUT2D eigenvalue weighted by atomic mass is 35.5. The molecule has 0 aliphatic rings. The van der Waals surface area contributed by atoms with Crippen molar-refractivity contribution < 1.29 is 18.0 Å². The van der Waals surface area contributed by atoms with Crippen molar-refractivity contribution in [2.45, 2.75) is 20.0 Å². The van der Waals surface area contributed by atoms with Crippen molar-refractivity contribution >= 4 is 29.0 Å². The number of alkyl halides is 3. The van der Waals surface area contributed by atoms with Gasteiger partial charge in [-0.3, -0.25) is 4.79 Å². The Bertz CT molecular complexity index is 748. The number of anilines is 2. The average molecular weight is 373 g/mol. The van der Waals surface area contributed by atoms with Gasteiger partial charge in [-0.15, -0.1) is 0 Å². The van der Waals surface area contributed by atoms with E-state index in [1.165, 1.54) is 12.4 Å². The maximum absolute atomic E-state index is 12.7. The Morgan fingerprint density at radius 3 is 2.52 bits per heavy atom. The van der Waals surface area contributed by atoms with Crippen molar-refractivity contribution in [3.63, 3.8) is 0 Å². The lowest BCUT2D eigenvalue weighted by Gasteiger charge is -2.11. The van der Waals surface area contributed by atoms with Gasteiger partial charge >= 0.3 is 6.18 Å². The molecule has 1 amide bonds. The van der Waals surface area contributed by atoms with Crippen LogP contribution in [0.3, 0.4) is 0 Å². The highest BCUT2D eigenvalue weighted by Gasteiger charge is 2.31. The average Bonchev–Trinajstić information content (AvgIpc) is 2.54. The molecule has 0 fully saturated rings. The first-order valence-corrected chi connectivity index (χ1v) is 7.78. The third-order valence-electron chi connectivity index (χ3n) is 3.12. The summed E-state index contributed by atoms with van der Waals surface area (Å²) in [6.07, 6.45) is -1.92. The maximum atomic E-state index is 12.7. The van der Waals surface area contributed by atoms with Crippen molar-refractivity contribution in [3.05, 3.63) is 46.9 Å². The van der Waals surface area contributed by atoms with Gasteiger partial charge < -0.3 is 10.6 Å². The van der Waals surface area contributed by atoms with Gasteiger partial charge in [0.2, 0.25) is 0 Å². The number of nitrogens with one attached hydrogen (secondary N) is 2. The Balaban J connectivity index is 2.12. The summed E-state index contributed by atoms with van der Waals surface area (Å²) in [4.78, 5) is 20.1. The van der Waals surface area contributed by atoms with E-state index < -0.39 is 17.6 Å². The second kappa shape index (κ2) is 7.69. The first kappa shape index (κ1) is 19.0. The zero-order valence-electron chi connectivity index (χ0n) is 13.5. The van der Waals surface area contributed by atoms with Gasteiger partial charge in [0.05, 0.1) is 28.7 Å². The summed E-state index contributed by atoms with van der Waals surface area (Å²) in [7, 11) is 0. The molecule has 1 heterocycles. The third kappa shape index (κ3) is 5.32. The molecule has 2 N–H and O–H groups in total. The summed E-state index contributed by atoms with van der Waals surface area (Å²) in [6, 6.07) is 2.68. The summed E-state index contributed by atoms with van der Waals surface area (Å²) < 4.78 is 38.2. The fourth-order valence-electron chi connectivity index (χ4n) is 1.83. The minimum atomic E-state index is -4.53. The molecule has 0 radical (unpaired) electrons. The maximum Gasteiger partial charge on any atom is 0.416 e. The molecule has 2 rings (SSSR count). The molecule has 0 saturated heterocycles. The van der Waals surface area contributed by atoms with E-state index in [-0.39, 0.29) is 16.4 Å². The van der Waals surface area contributed by atoms with Crippen LogP contribution in [0.25, 0.3) is 0 Å². The number of carbonyl (C=O) groups excluding carboxylic acids is 1.